The molecule has 0 saturated heterocycles. The maximum atomic E-state index is 12.7. The van der Waals surface area contributed by atoms with Crippen molar-refractivity contribution >= 4 is 33.2 Å². The van der Waals surface area contributed by atoms with Gasteiger partial charge >= 0.3 is 10.7 Å². The van der Waals surface area contributed by atoms with E-state index in [9.17, 15) is 31.1 Å². The number of nitrogens with one attached hydrogen (secondary N) is 1. The molecule has 26 heavy (non-hydrogen) atoms. The molecule has 2 aromatic carbocycles. The van der Waals surface area contributed by atoms with Crippen molar-refractivity contribution in [3.05, 3.63) is 47.5 Å². The fourth-order valence-corrected chi connectivity index (χ4v) is 1.54. The molecule has 0 saturated carbocycles. The Morgan fingerprint density at radius 2 is 1.42 bits per heavy atom. The number of aromatic hydroxyl groups is 2. The van der Waals surface area contributed by atoms with E-state index in [4.69, 9.17) is 15.9 Å². The maximum absolute atomic E-state index is 12.7. The standard InChI is InChI=1S/C8H4BrF4NO2.C6H5F2NO/c9-8(12,13)7(16)14-5-2-3(10)1-4(11)6(5)15;7-3-1-4(8)6(10)5(9)2-3/h1-2,15H,(H,14,16);1-2,10H,9H2. The zero-order chi connectivity index (χ0) is 20.2. The number of hydrogen-bond acceptors (Lipinski definition) is 4. The summed E-state index contributed by atoms with van der Waals surface area (Å²) in [4.78, 5) is 6.84. The van der Waals surface area contributed by atoms with Gasteiger partial charge in [0.1, 0.15) is 11.6 Å². The first-order valence-electron chi connectivity index (χ1n) is 6.32. The number of carbonyl (C=O) groups excluding carboxylic acids is 1. The van der Waals surface area contributed by atoms with Gasteiger partial charge in [0.15, 0.2) is 23.1 Å². The molecule has 0 aliphatic rings. The Kier molecular flexibility index (Phi) is 6.73. The molecule has 0 fully saturated rings. The number of amides is 1. The molecule has 12 heteroatoms. The molecule has 0 heterocycles. The fraction of sp³-hybridized carbons (Fsp3) is 0.0714. The van der Waals surface area contributed by atoms with Crippen LogP contribution >= 0.6 is 15.9 Å². The summed E-state index contributed by atoms with van der Waals surface area (Å²) in [5, 5.41) is 19.2. The van der Waals surface area contributed by atoms with E-state index in [2.05, 4.69) is 0 Å². The Hall–Kier alpha value is -2.63. The molecule has 5 nitrogen and oxygen atoms in total. The lowest BCUT2D eigenvalue weighted by Crippen LogP contribution is -2.28. The third-order valence-electron chi connectivity index (χ3n) is 2.59. The molecular weight excluding hydrogens is 438 g/mol. The molecule has 5 N–H and O–H groups in total. The molecule has 0 atom stereocenters. The van der Waals surface area contributed by atoms with Crippen LogP contribution in [0.5, 0.6) is 11.5 Å². The number of halogens is 7. The van der Waals surface area contributed by atoms with Crippen LogP contribution in [0.15, 0.2) is 24.3 Å². The number of phenols is 2. The number of rotatable bonds is 2. The minimum Gasteiger partial charge on any atom is -0.503 e. The number of hydrogen-bond donors (Lipinski definition) is 4. The van der Waals surface area contributed by atoms with E-state index in [0.717, 1.165) is 6.07 Å². The second-order valence-electron chi connectivity index (χ2n) is 4.56. The summed E-state index contributed by atoms with van der Waals surface area (Å²) in [5.41, 5.74) is 3.92. The van der Waals surface area contributed by atoms with Gasteiger partial charge in [-0.15, -0.1) is 0 Å². The SMILES string of the molecule is Nc1cc(F)cc(F)c1O.O=C(Nc1cc(F)cc(F)c1O)C(F)(F)Br. The molecule has 0 bridgehead atoms. The molecule has 2 rings (SSSR count). The second kappa shape index (κ2) is 8.17. The van der Waals surface area contributed by atoms with Crippen molar-refractivity contribution in [3.8, 4) is 11.5 Å². The summed E-state index contributed by atoms with van der Waals surface area (Å²) in [6.45, 7) is 0. The van der Waals surface area contributed by atoms with Crippen molar-refractivity contribution in [2.45, 2.75) is 4.83 Å². The van der Waals surface area contributed by atoms with Gasteiger partial charge in [-0.05, 0) is 0 Å². The van der Waals surface area contributed by atoms with Crippen LogP contribution in [0, 0.1) is 23.3 Å². The molecule has 0 aliphatic carbocycles. The highest BCUT2D eigenvalue weighted by atomic mass is 79.9. The minimum atomic E-state index is -3.90. The predicted molar refractivity (Wildman–Crippen MR) is 83.0 cm³/mol. The van der Waals surface area contributed by atoms with Crippen molar-refractivity contribution in [1.29, 1.82) is 0 Å². The van der Waals surface area contributed by atoms with Crippen LogP contribution in [0.1, 0.15) is 0 Å². The van der Waals surface area contributed by atoms with E-state index in [1.165, 1.54) is 5.32 Å². The Morgan fingerprint density at radius 1 is 0.962 bits per heavy atom. The van der Waals surface area contributed by atoms with Crippen LogP contribution in [0.25, 0.3) is 0 Å². The smallest absolute Gasteiger partial charge is 0.378 e. The highest BCUT2D eigenvalue weighted by Crippen LogP contribution is 2.30. The minimum absolute atomic E-state index is 0.294. The maximum Gasteiger partial charge on any atom is 0.378 e. The predicted octanol–water partition coefficient (Wildman–Crippen LogP) is 3.85. The Morgan fingerprint density at radius 3 is 1.88 bits per heavy atom. The van der Waals surface area contributed by atoms with Crippen LogP contribution in [0.2, 0.25) is 0 Å². The van der Waals surface area contributed by atoms with Crippen molar-refractivity contribution in [1.82, 2.24) is 0 Å². The number of alkyl halides is 3. The summed E-state index contributed by atoms with van der Waals surface area (Å²) < 4.78 is 74.6. The number of nitrogens with two attached hydrogens (primary N) is 1. The molecule has 0 spiro atoms. The van der Waals surface area contributed by atoms with E-state index in [0.29, 0.717) is 18.2 Å². The molecule has 0 radical (unpaired) electrons. The summed E-state index contributed by atoms with van der Waals surface area (Å²) in [6, 6.07) is 2.26. The number of anilines is 2. The van der Waals surface area contributed by atoms with Gasteiger partial charge in [-0.1, -0.05) is 0 Å². The van der Waals surface area contributed by atoms with Crippen LogP contribution in [0.4, 0.5) is 37.7 Å². The van der Waals surface area contributed by atoms with Gasteiger partial charge in [-0.2, -0.15) is 8.78 Å². The number of carbonyl (C=O) groups is 1. The van der Waals surface area contributed by atoms with Gasteiger partial charge in [0.2, 0.25) is 0 Å². The van der Waals surface area contributed by atoms with Gasteiger partial charge in [-0.25, -0.2) is 17.6 Å². The fourth-order valence-electron chi connectivity index (χ4n) is 1.44. The molecule has 1 amide bonds. The normalized spacial score (nSPS) is 10.7. The van der Waals surface area contributed by atoms with Gasteiger partial charge in [0.05, 0.1) is 11.4 Å². The molecule has 0 aliphatic heterocycles. The molecule has 0 unspecified atom stereocenters. The Balaban J connectivity index is 0.000000289. The van der Waals surface area contributed by atoms with Gasteiger partial charge < -0.3 is 21.3 Å². The van der Waals surface area contributed by atoms with Crippen molar-refractivity contribution < 1.29 is 41.4 Å². The zero-order valence-electron chi connectivity index (χ0n) is 12.3. The quantitative estimate of drug-likeness (QED) is 0.244. The molecule has 2 aromatic rings. The van der Waals surface area contributed by atoms with E-state index in [1.807, 2.05) is 0 Å². The number of nitrogen functional groups attached to an aromatic ring is 1. The summed E-state index contributed by atoms with van der Waals surface area (Å²) >= 11 is 1.75. The summed E-state index contributed by atoms with van der Waals surface area (Å²) in [6.07, 6.45) is 0. The first-order valence-corrected chi connectivity index (χ1v) is 7.12. The average Bonchev–Trinajstić information content (AvgIpc) is 2.49. The molecule has 142 valence electrons. The van der Waals surface area contributed by atoms with Crippen LogP contribution < -0.4 is 11.1 Å². The first kappa shape index (κ1) is 21.4. The van der Waals surface area contributed by atoms with Crippen LogP contribution in [-0.4, -0.2) is 21.0 Å². The highest BCUT2D eigenvalue weighted by Gasteiger charge is 2.35. The zero-order valence-corrected chi connectivity index (χ0v) is 13.9. The molecule has 0 aromatic heterocycles. The van der Waals surface area contributed by atoms with Gasteiger partial charge in [-0.3, -0.25) is 4.79 Å². The van der Waals surface area contributed by atoms with E-state index in [-0.39, 0.29) is 5.69 Å². The lowest BCUT2D eigenvalue weighted by Gasteiger charge is -2.11. The van der Waals surface area contributed by atoms with Gasteiger partial charge in [0, 0.05) is 40.2 Å². The first-order chi connectivity index (χ1) is 11.8. The van der Waals surface area contributed by atoms with Crippen molar-refractivity contribution in [2.24, 2.45) is 0 Å². The highest BCUT2D eigenvalue weighted by molar-refractivity contribution is 9.10. The Bertz CT molecular complexity index is 806. The molecular formula is C14H9BrF6N2O3. The van der Waals surface area contributed by atoms with Crippen LogP contribution in [0.3, 0.4) is 0 Å². The number of benzene rings is 2. The van der Waals surface area contributed by atoms with E-state index < -0.39 is 51.2 Å². The third-order valence-corrected chi connectivity index (χ3v) is 2.95. The van der Waals surface area contributed by atoms with E-state index >= 15 is 0 Å². The Labute approximate surface area is 150 Å². The topological polar surface area (TPSA) is 95.6 Å². The largest absolute Gasteiger partial charge is 0.503 e. The summed E-state index contributed by atoms with van der Waals surface area (Å²) in [5.74, 6) is -8.01. The van der Waals surface area contributed by atoms with Crippen LogP contribution in [-0.2, 0) is 4.79 Å². The third kappa shape index (κ3) is 5.72. The summed E-state index contributed by atoms with van der Waals surface area (Å²) in [7, 11) is 0. The monoisotopic (exact) mass is 446 g/mol. The average molecular weight is 447 g/mol. The second-order valence-corrected chi connectivity index (χ2v) is 5.56. The van der Waals surface area contributed by atoms with Gasteiger partial charge in [0.25, 0.3) is 0 Å². The lowest BCUT2D eigenvalue weighted by molar-refractivity contribution is -0.128. The lowest BCUT2D eigenvalue weighted by atomic mass is 10.2. The van der Waals surface area contributed by atoms with E-state index in [1.54, 1.807) is 15.9 Å². The number of phenolic OH excluding ortho intramolecular Hbond substituents is 2. The van der Waals surface area contributed by atoms with Crippen molar-refractivity contribution in [2.75, 3.05) is 11.1 Å². The van der Waals surface area contributed by atoms with Crippen molar-refractivity contribution in [3.63, 3.8) is 0 Å².